The molecular formula is C54H37N. The number of hydrogen-bond donors (Lipinski definition) is 0. The average Bonchev–Trinajstić information content (AvgIpc) is 3.27. The van der Waals surface area contributed by atoms with Crippen LogP contribution in [0.2, 0.25) is 0 Å². The van der Waals surface area contributed by atoms with Gasteiger partial charge < -0.3 is 4.90 Å². The normalized spacial score (nSPS) is 11.3. The van der Waals surface area contributed by atoms with Gasteiger partial charge in [0.05, 0.1) is 0 Å². The molecule has 0 N–H and O–H groups in total. The fraction of sp³-hybridized carbons (Fsp3) is 0. The zero-order valence-corrected chi connectivity index (χ0v) is 30.3. The Morgan fingerprint density at radius 1 is 0.236 bits per heavy atom. The number of hydrogen-bond acceptors (Lipinski definition) is 1. The van der Waals surface area contributed by atoms with Gasteiger partial charge in [0.25, 0.3) is 0 Å². The molecule has 0 heterocycles. The molecule has 0 atom stereocenters. The molecule has 0 spiro atoms. The summed E-state index contributed by atoms with van der Waals surface area (Å²) in [7, 11) is 0. The molecule has 1 heteroatoms. The van der Waals surface area contributed by atoms with Crippen LogP contribution in [0.4, 0.5) is 17.1 Å². The van der Waals surface area contributed by atoms with E-state index in [1.54, 1.807) is 0 Å². The molecular weight excluding hydrogens is 663 g/mol. The molecule has 0 radical (unpaired) electrons. The summed E-state index contributed by atoms with van der Waals surface area (Å²) < 4.78 is 0. The highest BCUT2D eigenvalue weighted by Crippen LogP contribution is 2.41. The van der Waals surface area contributed by atoms with Crippen molar-refractivity contribution in [2.24, 2.45) is 0 Å². The van der Waals surface area contributed by atoms with E-state index < -0.39 is 0 Å². The monoisotopic (exact) mass is 699 g/mol. The smallest absolute Gasteiger partial charge is 0.0468 e. The van der Waals surface area contributed by atoms with E-state index in [0.717, 1.165) is 17.1 Å². The summed E-state index contributed by atoms with van der Waals surface area (Å²) in [6, 6.07) is 81.4. The Morgan fingerprint density at radius 2 is 0.709 bits per heavy atom. The van der Waals surface area contributed by atoms with E-state index in [4.69, 9.17) is 0 Å². The fourth-order valence-electron chi connectivity index (χ4n) is 8.13. The maximum Gasteiger partial charge on any atom is 0.0468 e. The highest BCUT2D eigenvalue weighted by Gasteiger charge is 2.16. The number of anilines is 3. The van der Waals surface area contributed by atoms with Gasteiger partial charge in [-0.3, -0.25) is 0 Å². The molecule has 55 heavy (non-hydrogen) atoms. The Balaban J connectivity index is 1.08. The van der Waals surface area contributed by atoms with Gasteiger partial charge in [0.15, 0.2) is 0 Å². The average molecular weight is 700 g/mol. The molecule has 0 aliphatic rings. The molecule has 0 amide bonds. The van der Waals surface area contributed by atoms with Crippen molar-refractivity contribution in [1.29, 1.82) is 0 Å². The molecule has 0 aliphatic carbocycles. The van der Waals surface area contributed by atoms with E-state index in [1.807, 2.05) is 0 Å². The predicted molar refractivity (Wildman–Crippen MR) is 235 cm³/mol. The SMILES string of the molecule is c1ccc(-c2ccc(N(c3ccc(-c4cccc5cccc(-c6ccccc6)c45)cc3)c3ccc4c(-c5ccc6ccccc6c5)cccc4c3)cc2)cc1. The Morgan fingerprint density at radius 3 is 1.38 bits per heavy atom. The van der Waals surface area contributed by atoms with Gasteiger partial charge in [0.1, 0.15) is 0 Å². The molecule has 0 saturated heterocycles. The molecule has 10 rings (SSSR count). The Kier molecular flexibility index (Phi) is 8.24. The van der Waals surface area contributed by atoms with Crippen LogP contribution in [0.25, 0.3) is 76.8 Å². The van der Waals surface area contributed by atoms with E-state index >= 15 is 0 Å². The first-order valence-electron chi connectivity index (χ1n) is 18.9. The summed E-state index contributed by atoms with van der Waals surface area (Å²) in [6.45, 7) is 0. The van der Waals surface area contributed by atoms with Crippen LogP contribution < -0.4 is 4.90 Å². The van der Waals surface area contributed by atoms with Gasteiger partial charge in [-0.05, 0) is 119 Å². The first-order chi connectivity index (χ1) is 27.3. The first-order valence-corrected chi connectivity index (χ1v) is 18.9. The van der Waals surface area contributed by atoms with Gasteiger partial charge in [-0.25, -0.2) is 0 Å². The van der Waals surface area contributed by atoms with Crippen LogP contribution in [-0.2, 0) is 0 Å². The minimum absolute atomic E-state index is 1.10. The Bertz CT molecular complexity index is 2940. The lowest BCUT2D eigenvalue weighted by molar-refractivity contribution is 1.29. The lowest BCUT2D eigenvalue weighted by Gasteiger charge is -2.26. The number of rotatable bonds is 7. The molecule has 0 fully saturated rings. The highest BCUT2D eigenvalue weighted by atomic mass is 15.1. The molecule has 0 unspecified atom stereocenters. The second-order valence-electron chi connectivity index (χ2n) is 14.1. The third kappa shape index (κ3) is 6.12. The molecule has 258 valence electrons. The van der Waals surface area contributed by atoms with Crippen molar-refractivity contribution < 1.29 is 0 Å². The second kappa shape index (κ2) is 14.0. The summed E-state index contributed by atoms with van der Waals surface area (Å²) in [6.07, 6.45) is 0. The van der Waals surface area contributed by atoms with Crippen LogP contribution in [0.15, 0.2) is 224 Å². The molecule has 0 saturated carbocycles. The summed E-state index contributed by atoms with van der Waals surface area (Å²) in [4.78, 5) is 2.37. The maximum atomic E-state index is 2.37. The minimum atomic E-state index is 1.10. The fourth-order valence-corrected chi connectivity index (χ4v) is 8.13. The van der Waals surface area contributed by atoms with E-state index in [2.05, 4.69) is 229 Å². The van der Waals surface area contributed by atoms with Crippen molar-refractivity contribution in [3.8, 4) is 44.5 Å². The summed E-state index contributed by atoms with van der Waals surface area (Å²) >= 11 is 0. The lowest BCUT2D eigenvalue weighted by Crippen LogP contribution is -2.10. The van der Waals surface area contributed by atoms with Crippen molar-refractivity contribution in [3.63, 3.8) is 0 Å². The van der Waals surface area contributed by atoms with Crippen molar-refractivity contribution in [2.75, 3.05) is 4.90 Å². The highest BCUT2D eigenvalue weighted by molar-refractivity contribution is 6.07. The van der Waals surface area contributed by atoms with Crippen LogP contribution in [0.3, 0.4) is 0 Å². The standard InChI is InChI=1S/C54H37N/c1-3-12-38(13-4-1)40-26-30-47(31-27-40)55(49-34-35-51-45(37-49)20-11-21-50(51)46-25-24-39-14-7-8-17-44(39)36-46)48-32-28-42(29-33-48)53-23-10-19-43-18-9-22-52(54(43)53)41-15-5-2-6-16-41/h1-37H. The predicted octanol–water partition coefficient (Wildman–Crippen LogP) is 15.3. The van der Waals surface area contributed by atoms with Crippen molar-refractivity contribution in [1.82, 2.24) is 0 Å². The van der Waals surface area contributed by atoms with Gasteiger partial charge >= 0.3 is 0 Å². The van der Waals surface area contributed by atoms with E-state index in [9.17, 15) is 0 Å². The Labute approximate surface area is 322 Å². The van der Waals surface area contributed by atoms with Gasteiger partial charge in [-0.1, -0.05) is 182 Å². The molecule has 0 aromatic heterocycles. The zero-order valence-electron chi connectivity index (χ0n) is 30.3. The quantitative estimate of drug-likeness (QED) is 0.160. The molecule has 0 bridgehead atoms. The van der Waals surface area contributed by atoms with E-state index in [0.29, 0.717) is 0 Å². The minimum Gasteiger partial charge on any atom is -0.310 e. The van der Waals surface area contributed by atoms with Gasteiger partial charge in [-0.15, -0.1) is 0 Å². The van der Waals surface area contributed by atoms with Crippen molar-refractivity contribution >= 4 is 49.4 Å². The van der Waals surface area contributed by atoms with Gasteiger partial charge in [-0.2, -0.15) is 0 Å². The van der Waals surface area contributed by atoms with E-state index in [1.165, 1.54) is 76.8 Å². The van der Waals surface area contributed by atoms with E-state index in [-0.39, 0.29) is 0 Å². The topological polar surface area (TPSA) is 3.24 Å². The van der Waals surface area contributed by atoms with Crippen LogP contribution in [0.5, 0.6) is 0 Å². The number of nitrogens with zero attached hydrogens (tertiary/aromatic N) is 1. The largest absolute Gasteiger partial charge is 0.310 e. The Hall–Kier alpha value is -7.22. The molecule has 1 nitrogen and oxygen atoms in total. The third-order valence-corrected chi connectivity index (χ3v) is 10.8. The van der Waals surface area contributed by atoms with Crippen molar-refractivity contribution in [3.05, 3.63) is 224 Å². The van der Waals surface area contributed by atoms with Crippen LogP contribution in [0.1, 0.15) is 0 Å². The first kappa shape index (κ1) is 32.4. The summed E-state index contributed by atoms with van der Waals surface area (Å²) in [5.41, 5.74) is 13.1. The van der Waals surface area contributed by atoms with Crippen molar-refractivity contribution in [2.45, 2.75) is 0 Å². The number of fused-ring (bicyclic) bond motifs is 3. The summed E-state index contributed by atoms with van der Waals surface area (Å²) in [5.74, 6) is 0. The van der Waals surface area contributed by atoms with Gasteiger partial charge in [0.2, 0.25) is 0 Å². The zero-order chi connectivity index (χ0) is 36.6. The number of benzene rings is 10. The van der Waals surface area contributed by atoms with Crippen LogP contribution in [-0.4, -0.2) is 0 Å². The maximum absolute atomic E-state index is 2.37. The third-order valence-electron chi connectivity index (χ3n) is 10.8. The lowest BCUT2D eigenvalue weighted by atomic mass is 9.91. The van der Waals surface area contributed by atoms with Gasteiger partial charge in [0, 0.05) is 17.1 Å². The van der Waals surface area contributed by atoms with Crippen LogP contribution >= 0.6 is 0 Å². The molecule has 10 aromatic rings. The molecule has 10 aromatic carbocycles. The van der Waals surface area contributed by atoms with Crippen LogP contribution in [0, 0.1) is 0 Å². The molecule has 0 aliphatic heterocycles. The summed E-state index contributed by atoms with van der Waals surface area (Å²) in [5, 5.41) is 7.46. The second-order valence-corrected chi connectivity index (χ2v) is 14.1.